The Balaban J connectivity index is 1.40. The Morgan fingerprint density at radius 2 is 1.85 bits per heavy atom. The molecule has 1 heterocycles. The highest BCUT2D eigenvalue weighted by Crippen LogP contribution is 2.26. The van der Waals surface area contributed by atoms with Crippen LogP contribution in [0.1, 0.15) is 52.9 Å². The summed E-state index contributed by atoms with van der Waals surface area (Å²) in [5.41, 5.74) is 3.37. The summed E-state index contributed by atoms with van der Waals surface area (Å²) in [4.78, 5) is 25.3. The Kier molecular flexibility index (Phi) is 7.36. The van der Waals surface area contributed by atoms with E-state index in [1.165, 1.54) is 0 Å². The third kappa shape index (κ3) is 5.57. The molecule has 0 bridgehead atoms. The Bertz CT molecular complexity index is 1170. The molecule has 8 heteroatoms. The minimum absolute atomic E-state index is 0.0713. The van der Waals surface area contributed by atoms with Crippen molar-refractivity contribution in [2.45, 2.75) is 45.7 Å². The molecule has 1 aliphatic carbocycles. The fraction of sp³-hybridized carbons (Fsp3) is 0.320. The molecule has 0 radical (unpaired) electrons. The molecule has 4 rings (SSSR count). The van der Waals surface area contributed by atoms with E-state index < -0.39 is 0 Å². The van der Waals surface area contributed by atoms with Crippen molar-refractivity contribution >= 4 is 40.7 Å². The maximum absolute atomic E-state index is 12.9. The van der Waals surface area contributed by atoms with Crippen molar-refractivity contribution in [2.24, 2.45) is 5.92 Å². The number of carbonyl (C=O) groups excluding carboxylic acids is 2. The molecular formula is C25H26Cl2N4O2. The van der Waals surface area contributed by atoms with Crippen molar-refractivity contribution in [1.29, 1.82) is 0 Å². The minimum Gasteiger partial charge on any atom is -0.348 e. The molecule has 3 aromatic rings. The summed E-state index contributed by atoms with van der Waals surface area (Å²) in [6.45, 7) is 2.43. The number of hydrogen-bond acceptors (Lipinski definition) is 3. The molecule has 2 aromatic carbocycles. The van der Waals surface area contributed by atoms with Gasteiger partial charge in [0.15, 0.2) is 0 Å². The first-order valence-corrected chi connectivity index (χ1v) is 11.8. The lowest BCUT2D eigenvalue weighted by molar-refractivity contribution is -0.119. The van der Waals surface area contributed by atoms with E-state index in [1.54, 1.807) is 17.7 Å². The van der Waals surface area contributed by atoms with Gasteiger partial charge in [0, 0.05) is 23.2 Å². The van der Waals surface area contributed by atoms with E-state index in [1.807, 2.05) is 42.5 Å². The summed E-state index contributed by atoms with van der Waals surface area (Å²) >= 11 is 12.7. The maximum Gasteiger partial charge on any atom is 0.256 e. The van der Waals surface area contributed by atoms with Gasteiger partial charge in [-0.05, 0) is 49.1 Å². The highest BCUT2D eigenvalue weighted by atomic mass is 35.5. The Hall–Kier alpha value is -2.83. The van der Waals surface area contributed by atoms with Crippen LogP contribution in [0.25, 0.3) is 0 Å². The predicted octanol–water partition coefficient (Wildman–Crippen LogP) is 5.61. The van der Waals surface area contributed by atoms with Gasteiger partial charge in [0.25, 0.3) is 5.91 Å². The van der Waals surface area contributed by atoms with Gasteiger partial charge in [-0.2, -0.15) is 5.10 Å². The predicted molar refractivity (Wildman–Crippen MR) is 131 cm³/mol. The van der Waals surface area contributed by atoms with Gasteiger partial charge in [-0.25, -0.2) is 4.68 Å². The van der Waals surface area contributed by atoms with Crippen LogP contribution in [-0.4, -0.2) is 21.6 Å². The number of halogens is 2. The third-order valence-electron chi connectivity index (χ3n) is 5.94. The molecule has 0 atom stereocenters. The molecule has 0 saturated heterocycles. The lowest BCUT2D eigenvalue weighted by Gasteiger charge is -2.12. The number of nitrogens with one attached hydrogen (secondary N) is 2. The van der Waals surface area contributed by atoms with E-state index in [4.69, 9.17) is 23.2 Å². The van der Waals surface area contributed by atoms with Crippen LogP contribution < -0.4 is 10.6 Å². The number of benzene rings is 2. The molecule has 2 N–H and O–H groups in total. The van der Waals surface area contributed by atoms with Gasteiger partial charge in [0.2, 0.25) is 5.91 Å². The Morgan fingerprint density at radius 1 is 1.09 bits per heavy atom. The van der Waals surface area contributed by atoms with Crippen LogP contribution in [0.5, 0.6) is 0 Å². The normalized spacial score (nSPS) is 13.8. The van der Waals surface area contributed by atoms with E-state index >= 15 is 0 Å². The summed E-state index contributed by atoms with van der Waals surface area (Å²) in [5.74, 6) is -0.133. The molecule has 0 unspecified atom stereocenters. The molecule has 6 nitrogen and oxygen atoms in total. The molecule has 1 saturated carbocycles. The average molecular weight is 485 g/mol. The highest BCUT2D eigenvalue weighted by molar-refractivity contribution is 6.33. The SMILES string of the molecule is Cc1nn(Cc2ccccc2Cl)c(Cl)c1C(=O)NCc1cccc(NC(=O)C2CCCC2)c1. The smallest absolute Gasteiger partial charge is 0.256 e. The summed E-state index contributed by atoms with van der Waals surface area (Å²) in [5, 5.41) is 11.2. The van der Waals surface area contributed by atoms with Crippen molar-refractivity contribution in [3.8, 4) is 0 Å². The van der Waals surface area contributed by atoms with Crippen LogP contribution in [0, 0.1) is 12.8 Å². The zero-order valence-electron chi connectivity index (χ0n) is 18.4. The first-order valence-electron chi connectivity index (χ1n) is 11.1. The highest BCUT2D eigenvalue weighted by Gasteiger charge is 2.23. The van der Waals surface area contributed by atoms with Crippen LogP contribution in [0.4, 0.5) is 5.69 Å². The quantitative estimate of drug-likeness (QED) is 0.457. The first kappa shape index (κ1) is 23.3. The van der Waals surface area contributed by atoms with Crippen molar-refractivity contribution in [3.63, 3.8) is 0 Å². The maximum atomic E-state index is 12.9. The number of aromatic nitrogens is 2. The molecule has 1 fully saturated rings. The average Bonchev–Trinajstić information content (AvgIpc) is 3.43. The summed E-state index contributed by atoms with van der Waals surface area (Å²) in [6.07, 6.45) is 4.12. The lowest BCUT2D eigenvalue weighted by atomic mass is 10.1. The minimum atomic E-state index is -0.302. The number of anilines is 1. The zero-order valence-corrected chi connectivity index (χ0v) is 19.9. The zero-order chi connectivity index (χ0) is 23.4. The van der Waals surface area contributed by atoms with Crippen molar-refractivity contribution in [3.05, 3.63) is 81.1 Å². The number of rotatable bonds is 7. The van der Waals surface area contributed by atoms with Gasteiger partial charge in [-0.3, -0.25) is 9.59 Å². The van der Waals surface area contributed by atoms with Crippen LogP contribution in [0.3, 0.4) is 0 Å². The number of hydrogen-bond donors (Lipinski definition) is 2. The molecule has 2 amide bonds. The molecule has 1 aromatic heterocycles. The number of aryl methyl sites for hydroxylation is 1. The number of carbonyl (C=O) groups is 2. The van der Waals surface area contributed by atoms with E-state index in [9.17, 15) is 9.59 Å². The van der Waals surface area contributed by atoms with Crippen molar-refractivity contribution in [1.82, 2.24) is 15.1 Å². The van der Waals surface area contributed by atoms with Crippen LogP contribution in [0.2, 0.25) is 10.2 Å². The fourth-order valence-electron chi connectivity index (χ4n) is 4.17. The monoisotopic (exact) mass is 484 g/mol. The van der Waals surface area contributed by atoms with E-state index in [0.29, 0.717) is 29.4 Å². The van der Waals surface area contributed by atoms with Crippen molar-refractivity contribution < 1.29 is 9.59 Å². The summed E-state index contributed by atoms with van der Waals surface area (Å²) < 4.78 is 1.58. The van der Waals surface area contributed by atoms with Crippen LogP contribution >= 0.6 is 23.2 Å². The van der Waals surface area contributed by atoms with E-state index in [2.05, 4.69) is 15.7 Å². The van der Waals surface area contributed by atoms with Crippen molar-refractivity contribution in [2.75, 3.05) is 5.32 Å². The second-order valence-corrected chi connectivity index (χ2v) is 9.12. The largest absolute Gasteiger partial charge is 0.348 e. The number of nitrogens with zero attached hydrogens (tertiary/aromatic N) is 2. The van der Waals surface area contributed by atoms with Gasteiger partial charge < -0.3 is 10.6 Å². The van der Waals surface area contributed by atoms with Gasteiger partial charge in [-0.1, -0.05) is 66.4 Å². The van der Waals surface area contributed by atoms with Gasteiger partial charge in [0.05, 0.1) is 17.8 Å². The third-order valence-corrected chi connectivity index (χ3v) is 6.70. The lowest BCUT2D eigenvalue weighted by Crippen LogP contribution is -2.24. The molecule has 172 valence electrons. The number of amides is 2. The Morgan fingerprint density at radius 3 is 2.61 bits per heavy atom. The topological polar surface area (TPSA) is 76.0 Å². The molecular weight excluding hydrogens is 459 g/mol. The second-order valence-electron chi connectivity index (χ2n) is 8.35. The van der Waals surface area contributed by atoms with E-state index in [0.717, 1.165) is 42.5 Å². The van der Waals surface area contributed by atoms with Crippen LogP contribution in [0.15, 0.2) is 48.5 Å². The summed E-state index contributed by atoms with van der Waals surface area (Å²) in [6, 6.07) is 15.0. The second kappa shape index (κ2) is 10.4. The standard InChI is InChI=1S/C25H26Cl2N4O2/c1-16-22(23(27)31(30-16)15-19-10-4-5-12-21(19)26)25(33)28-14-17-7-6-11-20(13-17)29-24(32)18-8-2-3-9-18/h4-7,10-13,18H,2-3,8-9,14-15H2,1H3,(H,28,33)(H,29,32). The molecule has 1 aliphatic rings. The molecule has 0 spiro atoms. The van der Waals surface area contributed by atoms with E-state index in [-0.39, 0.29) is 22.9 Å². The molecule has 33 heavy (non-hydrogen) atoms. The van der Waals surface area contributed by atoms with Gasteiger partial charge in [-0.15, -0.1) is 0 Å². The molecule has 0 aliphatic heterocycles. The fourth-order valence-corrected chi connectivity index (χ4v) is 4.68. The Labute approximate surface area is 203 Å². The van der Waals surface area contributed by atoms with Gasteiger partial charge >= 0.3 is 0 Å². The van der Waals surface area contributed by atoms with Gasteiger partial charge in [0.1, 0.15) is 5.15 Å². The summed E-state index contributed by atoms with van der Waals surface area (Å²) in [7, 11) is 0. The van der Waals surface area contributed by atoms with Crippen LogP contribution in [-0.2, 0) is 17.9 Å². The first-order chi connectivity index (χ1) is 15.9.